The normalized spacial score (nSPS) is 30.2. The number of hydrogen-bond donors (Lipinski definition) is 1. The van der Waals surface area contributed by atoms with Gasteiger partial charge >= 0.3 is 5.97 Å². The van der Waals surface area contributed by atoms with Gasteiger partial charge in [-0.2, -0.15) is 0 Å². The number of aliphatic hydroxyl groups is 1. The predicted molar refractivity (Wildman–Crippen MR) is 148 cm³/mol. The molecule has 1 aromatic rings. The fourth-order valence-electron chi connectivity index (χ4n) is 6.58. The van der Waals surface area contributed by atoms with Gasteiger partial charge in [-0.05, 0) is 42.5 Å². The number of thioether (sulfide) groups is 1. The first-order valence-corrected chi connectivity index (χ1v) is 14.0. The number of aliphatic hydroxyl groups excluding tert-OH is 1. The maximum atomic E-state index is 14.6. The van der Waals surface area contributed by atoms with Crippen LogP contribution in [0.15, 0.2) is 49.6 Å². The van der Waals surface area contributed by atoms with Crippen molar-refractivity contribution in [2.24, 2.45) is 23.7 Å². The van der Waals surface area contributed by atoms with Crippen molar-refractivity contribution in [3.8, 4) is 5.75 Å². The number of benzene rings is 1. The van der Waals surface area contributed by atoms with Gasteiger partial charge in [-0.3, -0.25) is 14.4 Å². The van der Waals surface area contributed by atoms with Crippen molar-refractivity contribution < 1.29 is 29.0 Å². The molecule has 8 nitrogen and oxygen atoms in total. The highest BCUT2D eigenvalue weighted by atomic mass is 32.2. The maximum Gasteiger partial charge on any atom is 0.311 e. The van der Waals surface area contributed by atoms with Crippen molar-refractivity contribution in [2.75, 3.05) is 31.8 Å². The first kappa shape index (κ1) is 28.2. The van der Waals surface area contributed by atoms with E-state index < -0.39 is 34.6 Å². The van der Waals surface area contributed by atoms with Crippen molar-refractivity contribution in [3.05, 3.63) is 49.6 Å². The Balaban J connectivity index is 1.84. The number of anilines is 1. The van der Waals surface area contributed by atoms with E-state index in [0.29, 0.717) is 17.9 Å². The molecule has 2 bridgehead atoms. The summed E-state index contributed by atoms with van der Waals surface area (Å²) in [5.74, 6) is -1.72. The number of nitrogens with zero attached hydrogens (tertiary/aromatic N) is 2. The molecule has 0 aromatic heterocycles. The SMILES string of the molecule is C=CCOC(=O)[C@@H]1[C@H]2C(=O)N([C@@H](CO)C(C)C)C(C(=O)N(CC=C)c3ccc(OC)cc3)C23S[C@@H]1CC3C. The van der Waals surface area contributed by atoms with Gasteiger partial charge in [-0.25, -0.2) is 0 Å². The summed E-state index contributed by atoms with van der Waals surface area (Å²) in [5, 5.41) is 10.3. The summed E-state index contributed by atoms with van der Waals surface area (Å²) in [6, 6.07) is 5.75. The average Bonchev–Trinajstić information content (AvgIpc) is 3.50. The molecule has 1 aromatic carbocycles. The predicted octanol–water partition coefficient (Wildman–Crippen LogP) is 3.30. The van der Waals surface area contributed by atoms with Crippen LogP contribution >= 0.6 is 11.8 Å². The maximum absolute atomic E-state index is 14.6. The number of carbonyl (C=O) groups excluding carboxylic acids is 3. The standard InChI is InChI=1S/C29H38N2O6S/c1-7-13-30(19-9-11-20(36-6)12-10-19)27(34)25-29-18(5)15-22(38-29)23(28(35)37-14-8-2)24(29)26(33)31(25)21(16-32)17(3)4/h7-12,17-18,21-25,32H,1-2,13-16H2,3-6H3/t18?,21-,22+,23-,24-,25?,29?/m0/s1. The molecule has 3 saturated heterocycles. The highest BCUT2D eigenvalue weighted by Crippen LogP contribution is 2.69. The Morgan fingerprint density at radius 1 is 1.26 bits per heavy atom. The minimum atomic E-state index is -0.858. The molecule has 3 fully saturated rings. The molecule has 9 heteroatoms. The molecule has 3 aliphatic heterocycles. The molecule has 3 unspecified atom stereocenters. The highest BCUT2D eigenvalue weighted by molar-refractivity contribution is 8.02. The van der Waals surface area contributed by atoms with Crippen LogP contribution < -0.4 is 9.64 Å². The molecular formula is C29H38N2O6S. The third kappa shape index (κ3) is 4.33. The number of amides is 2. The Bertz CT molecular complexity index is 1090. The zero-order chi connectivity index (χ0) is 27.8. The van der Waals surface area contributed by atoms with Crippen LogP contribution in [-0.2, 0) is 19.1 Å². The van der Waals surface area contributed by atoms with E-state index in [2.05, 4.69) is 20.1 Å². The Morgan fingerprint density at radius 3 is 2.50 bits per heavy atom. The van der Waals surface area contributed by atoms with Gasteiger partial charge in [0.05, 0.1) is 36.3 Å². The number of esters is 1. The summed E-state index contributed by atoms with van der Waals surface area (Å²) >= 11 is 1.58. The lowest BCUT2D eigenvalue weighted by Crippen LogP contribution is -2.60. The highest BCUT2D eigenvalue weighted by Gasteiger charge is 2.77. The van der Waals surface area contributed by atoms with Crippen molar-refractivity contribution >= 4 is 35.2 Å². The van der Waals surface area contributed by atoms with Crippen molar-refractivity contribution in [3.63, 3.8) is 0 Å². The number of likely N-dealkylation sites (tertiary alicyclic amines) is 1. The van der Waals surface area contributed by atoms with Gasteiger partial charge in [-0.1, -0.05) is 39.5 Å². The monoisotopic (exact) mass is 542 g/mol. The zero-order valence-electron chi connectivity index (χ0n) is 22.5. The minimum Gasteiger partial charge on any atom is -0.497 e. The second kappa shape index (κ2) is 11.1. The Kier molecular flexibility index (Phi) is 8.28. The van der Waals surface area contributed by atoms with Crippen LogP contribution in [-0.4, -0.2) is 76.7 Å². The van der Waals surface area contributed by atoms with Crippen LogP contribution in [0.5, 0.6) is 5.75 Å². The molecule has 206 valence electrons. The average molecular weight is 543 g/mol. The van der Waals surface area contributed by atoms with Crippen LogP contribution in [0.25, 0.3) is 0 Å². The number of hydrogen-bond acceptors (Lipinski definition) is 7. The van der Waals surface area contributed by atoms with Crippen molar-refractivity contribution in [1.29, 1.82) is 0 Å². The van der Waals surface area contributed by atoms with E-state index >= 15 is 0 Å². The van der Waals surface area contributed by atoms with Gasteiger partial charge < -0.3 is 24.4 Å². The fourth-order valence-corrected chi connectivity index (χ4v) is 8.97. The molecule has 4 rings (SSSR count). The van der Waals surface area contributed by atoms with E-state index in [0.717, 1.165) is 0 Å². The molecular weight excluding hydrogens is 504 g/mol. The lowest BCUT2D eigenvalue weighted by molar-refractivity contribution is -0.154. The van der Waals surface area contributed by atoms with E-state index in [-0.39, 0.29) is 48.7 Å². The van der Waals surface area contributed by atoms with Crippen LogP contribution in [0.2, 0.25) is 0 Å². The van der Waals surface area contributed by atoms with Crippen molar-refractivity contribution in [2.45, 2.75) is 49.3 Å². The number of fused-ring (bicyclic) bond motifs is 1. The molecule has 38 heavy (non-hydrogen) atoms. The summed E-state index contributed by atoms with van der Waals surface area (Å²) in [5.41, 5.74) is 0.653. The molecule has 0 aliphatic carbocycles. The summed E-state index contributed by atoms with van der Waals surface area (Å²) in [6.07, 6.45) is 3.87. The second-order valence-electron chi connectivity index (χ2n) is 10.6. The summed E-state index contributed by atoms with van der Waals surface area (Å²) in [4.78, 5) is 45.4. The Morgan fingerprint density at radius 2 is 1.95 bits per heavy atom. The molecule has 3 aliphatic rings. The van der Waals surface area contributed by atoms with Crippen molar-refractivity contribution in [1.82, 2.24) is 4.90 Å². The lowest BCUT2D eigenvalue weighted by atomic mass is 9.66. The van der Waals surface area contributed by atoms with Crippen LogP contribution in [0.1, 0.15) is 27.2 Å². The van der Waals surface area contributed by atoms with E-state index in [1.165, 1.54) is 6.08 Å². The largest absolute Gasteiger partial charge is 0.497 e. The first-order valence-electron chi connectivity index (χ1n) is 13.1. The lowest BCUT2D eigenvalue weighted by Gasteiger charge is -2.42. The third-order valence-corrected chi connectivity index (χ3v) is 10.4. The Labute approximate surface area is 229 Å². The Hall–Kier alpha value is -2.78. The van der Waals surface area contributed by atoms with Gasteiger partial charge in [0.2, 0.25) is 5.91 Å². The molecule has 7 atom stereocenters. The third-order valence-electron chi connectivity index (χ3n) is 8.31. The second-order valence-corrected chi connectivity index (χ2v) is 12.2. The van der Waals surface area contributed by atoms with E-state index in [1.54, 1.807) is 59.0 Å². The van der Waals surface area contributed by atoms with Gasteiger partial charge in [0.25, 0.3) is 5.91 Å². The molecule has 0 radical (unpaired) electrons. The molecule has 3 heterocycles. The summed E-state index contributed by atoms with van der Waals surface area (Å²) < 4.78 is 9.92. The van der Waals surface area contributed by atoms with E-state index in [4.69, 9.17) is 9.47 Å². The number of methoxy groups -OCH3 is 1. The fraction of sp³-hybridized carbons (Fsp3) is 0.552. The molecule has 2 amide bonds. The molecule has 1 spiro atoms. The first-order chi connectivity index (χ1) is 18.2. The quantitative estimate of drug-likeness (QED) is 0.339. The number of rotatable bonds is 11. The van der Waals surface area contributed by atoms with Gasteiger partial charge in [0, 0.05) is 17.5 Å². The van der Waals surface area contributed by atoms with Crippen LogP contribution in [0.3, 0.4) is 0 Å². The van der Waals surface area contributed by atoms with Crippen LogP contribution in [0.4, 0.5) is 5.69 Å². The molecule has 1 N–H and O–H groups in total. The zero-order valence-corrected chi connectivity index (χ0v) is 23.4. The van der Waals surface area contributed by atoms with Gasteiger partial charge in [0.15, 0.2) is 0 Å². The smallest absolute Gasteiger partial charge is 0.311 e. The van der Waals surface area contributed by atoms with Gasteiger partial charge in [0.1, 0.15) is 18.4 Å². The summed E-state index contributed by atoms with van der Waals surface area (Å²) in [6.45, 7) is 13.4. The van der Waals surface area contributed by atoms with Gasteiger partial charge in [-0.15, -0.1) is 18.3 Å². The topological polar surface area (TPSA) is 96.4 Å². The van der Waals surface area contributed by atoms with E-state index in [1.807, 2.05) is 13.8 Å². The number of carbonyl (C=O) groups is 3. The molecule has 0 saturated carbocycles. The number of ether oxygens (including phenoxy) is 2. The summed E-state index contributed by atoms with van der Waals surface area (Å²) in [7, 11) is 1.58. The van der Waals surface area contributed by atoms with Crippen LogP contribution in [0, 0.1) is 23.7 Å². The van der Waals surface area contributed by atoms with E-state index in [9.17, 15) is 19.5 Å². The minimum absolute atomic E-state index is 0.00167.